The lowest BCUT2D eigenvalue weighted by Gasteiger charge is -2.27. The van der Waals surface area contributed by atoms with Gasteiger partial charge in [-0.2, -0.15) is 4.98 Å². The summed E-state index contributed by atoms with van der Waals surface area (Å²) in [5, 5.41) is 5.98. The quantitative estimate of drug-likeness (QED) is 0.759. The molecule has 0 radical (unpaired) electrons. The SMILES string of the molecule is CNc1nc(Nc2cccc(F)c2)ncc1C#CC1CC(N)C1. The third-order valence-corrected chi connectivity index (χ3v) is 3.69. The maximum absolute atomic E-state index is 13.2. The Hall–Kier alpha value is -2.65. The smallest absolute Gasteiger partial charge is 0.229 e. The molecule has 4 N–H and O–H groups in total. The van der Waals surface area contributed by atoms with Crippen LogP contribution >= 0.6 is 0 Å². The number of halogens is 1. The van der Waals surface area contributed by atoms with E-state index < -0.39 is 0 Å². The summed E-state index contributed by atoms with van der Waals surface area (Å²) >= 11 is 0. The monoisotopic (exact) mass is 311 g/mol. The highest BCUT2D eigenvalue weighted by Gasteiger charge is 2.23. The van der Waals surface area contributed by atoms with Gasteiger partial charge in [-0.05, 0) is 31.0 Å². The molecule has 1 aromatic heterocycles. The third kappa shape index (κ3) is 3.76. The van der Waals surface area contributed by atoms with Gasteiger partial charge in [-0.1, -0.05) is 17.9 Å². The van der Waals surface area contributed by atoms with Gasteiger partial charge < -0.3 is 16.4 Å². The average molecular weight is 311 g/mol. The highest BCUT2D eigenvalue weighted by Crippen LogP contribution is 2.25. The Balaban J connectivity index is 1.76. The third-order valence-electron chi connectivity index (χ3n) is 3.69. The van der Waals surface area contributed by atoms with Crippen molar-refractivity contribution in [1.29, 1.82) is 0 Å². The number of nitrogens with two attached hydrogens (primary N) is 1. The molecule has 1 saturated carbocycles. The van der Waals surface area contributed by atoms with Gasteiger partial charge in [0.25, 0.3) is 0 Å². The van der Waals surface area contributed by atoms with Crippen molar-refractivity contribution >= 4 is 17.5 Å². The van der Waals surface area contributed by atoms with Gasteiger partial charge >= 0.3 is 0 Å². The first-order chi connectivity index (χ1) is 11.1. The Morgan fingerprint density at radius 3 is 2.87 bits per heavy atom. The van der Waals surface area contributed by atoms with E-state index in [0.29, 0.717) is 23.4 Å². The van der Waals surface area contributed by atoms with Gasteiger partial charge in [-0.15, -0.1) is 0 Å². The van der Waals surface area contributed by atoms with Crippen molar-refractivity contribution in [2.75, 3.05) is 17.7 Å². The second kappa shape index (κ2) is 6.63. The first-order valence-corrected chi connectivity index (χ1v) is 7.48. The molecule has 6 heteroatoms. The van der Waals surface area contributed by atoms with Gasteiger partial charge in [0.15, 0.2) is 0 Å². The van der Waals surface area contributed by atoms with E-state index in [1.807, 2.05) is 0 Å². The summed E-state index contributed by atoms with van der Waals surface area (Å²) in [5.41, 5.74) is 7.08. The van der Waals surface area contributed by atoms with E-state index in [2.05, 4.69) is 32.4 Å². The molecule has 5 nitrogen and oxygen atoms in total. The van der Waals surface area contributed by atoms with Crippen LogP contribution in [0.15, 0.2) is 30.5 Å². The number of nitrogens with zero attached hydrogens (tertiary/aromatic N) is 2. The van der Waals surface area contributed by atoms with Crippen LogP contribution in [0.5, 0.6) is 0 Å². The predicted molar refractivity (Wildman–Crippen MR) is 88.8 cm³/mol. The zero-order valence-corrected chi connectivity index (χ0v) is 12.8. The maximum atomic E-state index is 13.2. The number of hydrogen-bond donors (Lipinski definition) is 3. The van der Waals surface area contributed by atoms with Crippen molar-refractivity contribution in [3.63, 3.8) is 0 Å². The Kier molecular flexibility index (Phi) is 4.40. The summed E-state index contributed by atoms with van der Waals surface area (Å²) in [6.07, 6.45) is 3.55. The lowest BCUT2D eigenvalue weighted by molar-refractivity contribution is 0.335. The molecule has 0 bridgehead atoms. The standard InChI is InChI=1S/C17H18FN5/c1-20-16-12(6-5-11-7-14(19)8-11)10-21-17(23-16)22-15-4-2-3-13(18)9-15/h2-4,9-11,14H,7-8,19H2,1H3,(H2,20,21,22,23). The minimum atomic E-state index is -0.315. The van der Waals surface area contributed by atoms with Gasteiger partial charge in [0.1, 0.15) is 11.6 Å². The zero-order valence-electron chi connectivity index (χ0n) is 12.8. The van der Waals surface area contributed by atoms with Gasteiger partial charge in [-0.3, -0.25) is 0 Å². The van der Waals surface area contributed by atoms with E-state index in [1.165, 1.54) is 12.1 Å². The van der Waals surface area contributed by atoms with E-state index in [-0.39, 0.29) is 11.9 Å². The molecule has 0 atom stereocenters. The Morgan fingerprint density at radius 1 is 1.35 bits per heavy atom. The largest absolute Gasteiger partial charge is 0.372 e. The summed E-state index contributed by atoms with van der Waals surface area (Å²) in [6, 6.07) is 6.43. The fourth-order valence-electron chi connectivity index (χ4n) is 2.38. The molecule has 0 aliphatic heterocycles. The van der Waals surface area contributed by atoms with Crippen LogP contribution in [0.1, 0.15) is 18.4 Å². The molecule has 0 unspecified atom stereocenters. The summed E-state index contributed by atoms with van der Waals surface area (Å²) in [7, 11) is 1.78. The first kappa shape index (κ1) is 15.3. The van der Waals surface area contributed by atoms with Crippen molar-refractivity contribution in [3.8, 4) is 11.8 Å². The number of anilines is 3. The van der Waals surface area contributed by atoms with Crippen molar-refractivity contribution in [2.24, 2.45) is 11.7 Å². The van der Waals surface area contributed by atoms with E-state index in [4.69, 9.17) is 5.73 Å². The molecule has 3 rings (SSSR count). The van der Waals surface area contributed by atoms with Gasteiger partial charge in [-0.25, -0.2) is 9.37 Å². The second-order valence-corrected chi connectivity index (χ2v) is 5.54. The van der Waals surface area contributed by atoms with Crippen LogP contribution in [-0.2, 0) is 0 Å². The molecule has 1 aromatic carbocycles. The minimum absolute atomic E-state index is 0.284. The molecule has 23 heavy (non-hydrogen) atoms. The van der Waals surface area contributed by atoms with Crippen LogP contribution in [-0.4, -0.2) is 23.1 Å². The molecule has 1 aliphatic carbocycles. The van der Waals surface area contributed by atoms with Crippen LogP contribution in [0.4, 0.5) is 21.8 Å². The number of aromatic nitrogens is 2. The maximum Gasteiger partial charge on any atom is 0.229 e. The van der Waals surface area contributed by atoms with E-state index in [1.54, 1.807) is 25.4 Å². The average Bonchev–Trinajstić information content (AvgIpc) is 2.51. The molecular formula is C17H18FN5. The van der Waals surface area contributed by atoms with E-state index in [0.717, 1.165) is 18.4 Å². The minimum Gasteiger partial charge on any atom is -0.372 e. The molecule has 1 fully saturated rings. The van der Waals surface area contributed by atoms with Crippen molar-refractivity contribution < 1.29 is 4.39 Å². The molecule has 0 saturated heterocycles. The zero-order chi connectivity index (χ0) is 16.2. The van der Waals surface area contributed by atoms with Crippen molar-refractivity contribution in [2.45, 2.75) is 18.9 Å². The number of benzene rings is 1. The molecule has 118 valence electrons. The van der Waals surface area contributed by atoms with Crippen LogP contribution in [0.2, 0.25) is 0 Å². The summed E-state index contributed by atoms with van der Waals surface area (Å²) in [6.45, 7) is 0. The van der Waals surface area contributed by atoms with Crippen LogP contribution < -0.4 is 16.4 Å². The number of hydrogen-bond acceptors (Lipinski definition) is 5. The number of rotatable bonds is 3. The van der Waals surface area contributed by atoms with Crippen LogP contribution in [0.3, 0.4) is 0 Å². The molecule has 2 aromatic rings. The fourth-order valence-corrected chi connectivity index (χ4v) is 2.38. The lowest BCUT2D eigenvalue weighted by Crippen LogP contribution is -2.35. The van der Waals surface area contributed by atoms with Gasteiger partial charge in [0.05, 0.1) is 11.8 Å². The summed E-state index contributed by atoms with van der Waals surface area (Å²) in [5.74, 6) is 7.37. The molecule has 1 aliphatic rings. The molecule has 0 spiro atoms. The van der Waals surface area contributed by atoms with Gasteiger partial charge in [0, 0.05) is 24.7 Å². The fraction of sp³-hybridized carbons (Fsp3) is 0.294. The topological polar surface area (TPSA) is 75.9 Å². The first-order valence-electron chi connectivity index (χ1n) is 7.48. The van der Waals surface area contributed by atoms with Crippen LogP contribution in [0.25, 0.3) is 0 Å². The lowest BCUT2D eigenvalue weighted by atomic mass is 9.81. The van der Waals surface area contributed by atoms with Crippen LogP contribution in [0, 0.1) is 23.6 Å². The van der Waals surface area contributed by atoms with Crippen molar-refractivity contribution in [1.82, 2.24) is 9.97 Å². The van der Waals surface area contributed by atoms with Gasteiger partial charge in [0.2, 0.25) is 5.95 Å². The van der Waals surface area contributed by atoms with E-state index >= 15 is 0 Å². The highest BCUT2D eigenvalue weighted by atomic mass is 19.1. The number of nitrogens with one attached hydrogen (secondary N) is 2. The normalized spacial score (nSPS) is 19.3. The Bertz CT molecular complexity index is 759. The van der Waals surface area contributed by atoms with Crippen molar-refractivity contribution in [3.05, 3.63) is 41.8 Å². The Labute approximate surface area is 134 Å². The summed E-state index contributed by atoms with van der Waals surface area (Å²) < 4.78 is 13.2. The summed E-state index contributed by atoms with van der Waals surface area (Å²) in [4.78, 5) is 8.61. The predicted octanol–water partition coefficient (Wildman–Crippen LogP) is 2.49. The highest BCUT2D eigenvalue weighted by molar-refractivity contribution is 5.59. The molecule has 0 amide bonds. The second-order valence-electron chi connectivity index (χ2n) is 5.54. The van der Waals surface area contributed by atoms with E-state index in [9.17, 15) is 4.39 Å². The molecular weight excluding hydrogens is 293 g/mol. The Morgan fingerprint density at radius 2 is 2.17 bits per heavy atom. The molecule has 1 heterocycles.